The summed E-state index contributed by atoms with van der Waals surface area (Å²) >= 11 is 0. The predicted octanol–water partition coefficient (Wildman–Crippen LogP) is 2.73. The lowest BCUT2D eigenvalue weighted by Gasteiger charge is -2.10. The van der Waals surface area contributed by atoms with Crippen molar-refractivity contribution in [2.24, 2.45) is 0 Å². The molecule has 1 heterocycles. The molecule has 96 valence electrons. The molecule has 0 aliphatic carbocycles. The maximum Gasteiger partial charge on any atom is 0.252 e. The van der Waals surface area contributed by atoms with Gasteiger partial charge in [-0.1, -0.05) is 25.7 Å². The van der Waals surface area contributed by atoms with Gasteiger partial charge in [-0.2, -0.15) is 0 Å². The fourth-order valence-electron chi connectivity index (χ4n) is 1.88. The Labute approximate surface area is 108 Å². The Hall–Kier alpha value is -1.55. The van der Waals surface area contributed by atoms with Gasteiger partial charge in [0.1, 0.15) is 13.7 Å². The maximum atomic E-state index is 12.0. The molecule has 18 heavy (non-hydrogen) atoms. The van der Waals surface area contributed by atoms with E-state index in [9.17, 15) is 4.79 Å². The van der Waals surface area contributed by atoms with Gasteiger partial charge in [-0.15, -0.1) is 0 Å². The van der Waals surface area contributed by atoms with Crippen LogP contribution in [0.15, 0.2) is 28.7 Å². The molecule has 0 unspecified atom stereocenters. The summed E-state index contributed by atoms with van der Waals surface area (Å²) in [5, 5.41) is 4.79. The summed E-state index contributed by atoms with van der Waals surface area (Å²) in [4.78, 5) is 12.0. The molecule has 0 atom stereocenters. The average molecular weight is 261 g/mol. The Bertz CT molecular complexity index is 581. The highest BCUT2D eigenvalue weighted by Gasteiger charge is 2.23. The first kappa shape index (κ1) is 12.9. The molecule has 0 saturated heterocycles. The molecule has 0 fully saturated rings. The van der Waals surface area contributed by atoms with E-state index >= 15 is 0 Å². The molecule has 0 bridgehead atoms. The molecule has 0 spiro atoms. The number of furan rings is 1. The van der Waals surface area contributed by atoms with Crippen molar-refractivity contribution in [1.82, 2.24) is 5.32 Å². The number of carbonyl (C=O) groups is 1. The minimum absolute atomic E-state index is 0.0361. The van der Waals surface area contributed by atoms with Gasteiger partial charge in [-0.3, -0.25) is 4.79 Å². The van der Waals surface area contributed by atoms with Crippen molar-refractivity contribution in [2.75, 3.05) is 6.54 Å². The minimum atomic E-state index is -1.49. The first-order valence-corrected chi connectivity index (χ1v) is 9.74. The van der Waals surface area contributed by atoms with E-state index in [0.29, 0.717) is 12.1 Å². The van der Waals surface area contributed by atoms with E-state index in [1.165, 1.54) is 0 Å². The first-order chi connectivity index (χ1) is 8.43. The van der Waals surface area contributed by atoms with Gasteiger partial charge >= 0.3 is 0 Å². The Morgan fingerprint density at radius 2 is 2.06 bits per heavy atom. The monoisotopic (exact) mass is 261 g/mol. The van der Waals surface area contributed by atoms with Crippen LogP contribution in [0.4, 0.5) is 0 Å². The molecule has 0 radical (unpaired) electrons. The molecular weight excluding hydrogens is 242 g/mol. The number of benzene rings is 1. The molecule has 0 aliphatic heterocycles. The van der Waals surface area contributed by atoms with Gasteiger partial charge in [0.25, 0.3) is 5.91 Å². The van der Waals surface area contributed by atoms with E-state index in [0.717, 1.165) is 16.4 Å². The molecular formula is C14H19NO2Si. The second-order valence-corrected chi connectivity index (χ2v) is 10.4. The Morgan fingerprint density at radius 1 is 1.33 bits per heavy atom. The van der Waals surface area contributed by atoms with Crippen LogP contribution < -0.4 is 10.7 Å². The van der Waals surface area contributed by atoms with Crippen LogP contribution >= 0.6 is 0 Å². The molecule has 2 rings (SSSR count). The summed E-state index contributed by atoms with van der Waals surface area (Å²) < 4.78 is 5.88. The zero-order chi connectivity index (χ0) is 13.3. The zero-order valence-electron chi connectivity index (χ0n) is 11.3. The number of fused-ring (bicyclic) bond motifs is 1. The van der Waals surface area contributed by atoms with Crippen LogP contribution in [-0.2, 0) is 0 Å². The average Bonchev–Trinajstić information content (AvgIpc) is 2.72. The quantitative estimate of drug-likeness (QED) is 0.863. The Balaban J connectivity index is 2.56. The summed E-state index contributed by atoms with van der Waals surface area (Å²) in [6.45, 7) is 9.25. The molecule has 3 nitrogen and oxygen atoms in total. The second kappa shape index (κ2) is 4.61. The predicted molar refractivity (Wildman–Crippen MR) is 77.2 cm³/mol. The van der Waals surface area contributed by atoms with Crippen molar-refractivity contribution in [1.29, 1.82) is 0 Å². The van der Waals surface area contributed by atoms with Crippen LogP contribution in [0.1, 0.15) is 17.3 Å². The van der Waals surface area contributed by atoms with E-state index in [-0.39, 0.29) is 5.91 Å². The second-order valence-electron chi connectivity index (χ2n) is 5.44. The highest BCUT2D eigenvalue weighted by molar-refractivity contribution is 6.87. The summed E-state index contributed by atoms with van der Waals surface area (Å²) in [6.07, 6.45) is 0. The third-order valence-electron chi connectivity index (χ3n) is 2.88. The van der Waals surface area contributed by atoms with Gasteiger partial charge in [0.05, 0.1) is 10.9 Å². The van der Waals surface area contributed by atoms with Crippen molar-refractivity contribution >= 4 is 30.3 Å². The first-order valence-electron chi connectivity index (χ1n) is 6.24. The standard InChI is InChI=1S/C14H19NO2Si/c1-5-15-14(16)10-7-6-8-12-11(10)9-13(17-12)18(2,3)4/h6-9H,5H2,1-4H3,(H,15,16). The Kier molecular flexibility index (Phi) is 3.30. The number of hydrogen-bond acceptors (Lipinski definition) is 2. The lowest BCUT2D eigenvalue weighted by Crippen LogP contribution is -2.36. The SMILES string of the molecule is CCNC(=O)c1cccc2oc([Si](C)(C)C)cc12. The molecule has 2 aromatic rings. The fourth-order valence-corrected chi connectivity index (χ4v) is 2.88. The van der Waals surface area contributed by atoms with Crippen LogP contribution in [0, 0.1) is 0 Å². The number of hydrogen-bond donors (Lipinski definition) is 1. The summed E-state index contributed by atoms with van der Waals surface area (Å²) in [5.74, 6) is -0.0361. The van der Waals surface area contributed by atoms with E-state index < -0.39 is 8.07 Å². The van der Waals surface area contributed by atoms with Crippen LogP contribution in [0.3, 0.4) is 0 Å². The topological polar surface area (TPSA) is 42.2 Å². The van der Waals surface area contributed by atoms with E-state index in [1.807, 2.05) is 31.2 Å². The van der Waals surface area contributed by atoms with Crippen LogP contribution in [0.25, 0.3) is 11.0 Å². The smallest absolute Gasteiger partial charge is 0.252 e. The molecule has 0 saturated carbocycles. The molecule has 4 heteroatoms. The van der Waals surface area contributed by atoms with Gasteiger partial charge in [0, 0.05) is 11.9 Å². The van der Waals surface area contributed by atoms with Crippen LogP contribution in [0.5, 0.6) is 0 Å². The van der Waals surface area contributed by atoms with Crippen molar-refractivity contribution in [3.63, 3.8) is 0 Å². The number of carbonyl (C=O) groups excluding carboxylic acids is 1. The molecule has 1 aromatic heterocycles. The van der Waals surface area contributed by atoms with E-state index in [4.69, 9.17) is 4.42 Å². The number of amides is 1. The number of rotatable bonds is 3. The minimum Gasteiger partial charge on any atom is -0.466 e. The maximum absolute atomic E-state index is 12.0. The summed E-state index contributed by atoms with van der Waals surface area (Å²) in [6, 6.07) is 7.66. The van der Waals surface area contributed by atoms with Gasteiger partial charge in [0.15, 0.2) is 0 Å². The third-order valence-corrected chi connectivity index (χ3v) is 4.61. The summed E-state index contributed by atoms with van der Waals surface area (Å²) in [5.41, 5.74) is 1.50. The van der Waals surface area contributed by atoms with Gasteiger partial charge in [0.2, 0.25) is 0 Å². The van der Waals surface area contributed by atoms with Crippen molar-refractivity contribution in [3.8, 4) is 0 Å². The molecule has 0 aliphatic rings. The van der Waals surface area contributed by atoms with Crippen LogP contribution in [0.2, 0.25) is 19.6 Å². The van der Waals surface area contributed by atoms with Gasteiger partial charge < -0.3 is 9.73 Å². The number of nitrogens with one attached hydrogen (secondary N) is 1. The van der Waals surface area contributed by atoms with Gasteiger partial charge in [-0.25, -0.2) is 0 Å². The van der Waals surface area contributed by atoms with E-state index in [2.05, 4.69) is 25.0 Å². The lowest BCUT2D eigenvalue weighted by molar-refractivity contribution is 0.0957. The fraction of sp³-hybridized carbons (Fsp3) is 0.357. The van der Waals surface area contributed by atoms with Crippen molar-refractivity contribution in [3.05, 3.63) is 29.8 Å². The molecule has 1 amide bonds. The third kappa shape index (κ3) is 2.34. The summed E-state index contributed by atoms with van der Waals surface area (Å²) in [7, 11) is -1.49. The highest BCUT2D eigenvalue weighted by Crippen LogP contribution is 2.21. The normalized spacial score (nSPS) is 11.8. The zero-order valence-corrected chi connectivity index (χ0v) is 12.3. The Morgan fingerprint density at radius 3 is 2.67 bits per heavy atom. The van der Waals surface area contributed by atoms with Gasteiger partial charge in [-0.05, 0) is 25.1 Å². The molecule has 1 N–H and O–H groups in total. The largest absolute Gasteiger partial charge is 0.466 e. The highest BCUT2D eigenvalue weighted by atomic mass is 28.3. The molecule has 1 aromatic carbocycles. The van der Waals surface area contributed by atoms with Crippen molar-refractivity contribution in [2.45, 2.75) is 26.6 Å². The van der Waals surface area contributed by atoms with Crippen molar-refractivity contribution < 1.29 is 9.21 Å². The van der Waals surface area contributed by atoms with Crippen LogP contribution in [-0.4, -0.2) is 20.5 Å². The lowest BCUT2D eigenvalue weighted by atomic mass is 10.1. The van der Waals surface area contributed by atoms with E-state index in [1.54, 1.807) is 0 Å².